The van der Waals surface area contributed by atoms with Crippen molar-refractivity contribution in [1.82, 2.24) is 15.5 Å². The molecule has 0 spiro atoms. The van der Waals surface area contributed by atoms with E-state index in [1.54, 1.807) is 25.1 Å². The standard InChI is InChI=1S/C19H21N3O5/c1-10(2)8-14(19(24)25-4)20-17(23)12-9-13(15-6-5-7-26-15)21-18-16(12)11(3)22-27-18/h5-7,9-10,14H,8H2,1-4H3,(H,20,23). The van der Waals surface area contributed by atoms with Crippen LogP contribution >= 0.6 is 0 Å². The number of ether oxygens (including phenoxy) is 1. The van der Waals surface area contributed by atoms with Gasteiger partial charge < -0.3 is 19.0 Å². The minimum atomic E-state index is -0.752. The number of rotatable bonds is 6. The van der Waals surface area contributed by atoms with E-state index in [4.69, 9.17) is 13.7 Å². The Labute approximate surface area is 155 Å². The Morgan fingerprint density at radius 2 is 2.11 bits per heavy atom. The average Bonchev–Trinajstić information content (AvgIpc) is 3.29. The predicted octanol–water partition coefficient (Wildman–Crippen LogP) is 3.11. The first-order valence-electron chi connectivity index (χ1n) is 8.60. The molecule has 3 heterocycles. The number of carbonyl (C=O) groups is 2. The molecule has 0 bridgehead atoms. The second-order valence-electron chi connectivity index (χ2n) is 6.66. The number of nitrogens with one attached hydrogen (secondary N) is 1. The molecule has 8 heteroatoms. The first kappa shape index (κ1) is 18.6. The largest absolute Gasteiger partial charge is 0.467 e. The van der Waals surface area contributed by atoms with Crippen LogP contribution in [0.4, 0.5) is 0 Å². The molecule has 0 saturated carbocycles. The molecule has 0 radical (unpaired) electrons. The van der Waals surface area contributed by atoms with E-state index in [0.717, 1.165) is 0 Å². The number of amides is 1. The van der Waals surface area contributed by atoms with E-state index >= 15 is 0 Å². The number of aromatic nitrogens is 2. The van der Waals surface area contributed by atoms with Crippen molar-refractivity contribution in [3.8, 4) is 11.5 Å². The van der Waals surface area contributed by atoms with Crippen LogP contribution in [0.15, 0.2) is 33.4 Å². The molecule has 0 fully saturated rings. The Kier molecular flexibility index (Phi) is 5.25. The van der Waals surface area contributed by atoms with Crippen molar-refractivity contribution in [3.05, 3.63) is 35.7 Å². The maximum Gasteiger partial charge on any atom is 0.328 e. The number of fused-ring (bicyclic) bond motifs is 1. The minimum absolute atomic E-state index is 0.197. The number of hydrogen-bond donors (Lipinski definition) is 1. The number of esters is 1. The Bertz CT molecular complexity index is 959. The van der Waals surface area contributed by atoms with Gasteiger partial charge in [-0.2, -0.15) is 0 Å². The van der Waals surface area contributed by atoms with Gasteiger partial charge in [-0.1, -0.05) is 19.0 Å². The van der Waals surface area contributed by atoms with Crippen LogP contribution in [0.5, 0.6) is 0 Å². The lowest BCUT2D eigenvalue weighted by Gasteiger charge is -2.18. The van der Waals surface area contributed by atoms with Gasteiger partial charge in [0.2, 0.25) is 0 Å². The van der Waals surface area contributed by atoms with Gasteiger partial charge in [-0.3, -0.25) is 4.79 Å². The summed E-state index contributed by atoms with van der Waals surface area (Å²) in [6.07, 6.45) is 1.98. The van der Waals surface area contributed by atoms with Gasteiger partial charge in [-0.25, -0.2) is 9.78 Å². The number of methoxy groups -OCH3 is 1. The Balaban J connectivity index is 2.02. The van der Waals surface area contributed by atoms with Crippen LogP contribution in [0.1, 0.15) is 36.3 Å². The summed E-state index contributed by atoms with van der Waals surface area (Å²) in [5.74, 6) is -0.234. The van der Waals surface area contributed by atoms with Gasteiger partial charge in [-0.05, 0) is 37.5 Å². The Hall–Kier alpha value is -3.16. The van der Waals surface area contributed by atoms with E-state index in [1.165, 1.54) is 13.4 Å². The number of furan rings is 1. The molecule has 0 aliphatic carbocycles. The van der Waals surface area contributed by atoms with Crippen LogP contribution in [0, 0.1) is 12.8 Å². The molecule has 3 aromatic rings. The molecule has 27 heavy (non-hydrogen) atoms. The molecule has 3 rings (SSSR count). The third-order valence-corrected chi connectivity index (χ3v) is 4.13. The van der Waals surface area contributed by atoms with Crippen molar-refractivity contribution in [2.75, 3.05) is 7.11 Å². The van der Waals surface area contributed by atoms with Crippen molar-refractivity contribution >= 4 is 23.0 Å². The molecule has 1 amide bonds. The molecule has 1 N–H and O–H groups in total. The van der Waals surface area contributed by atoms with Crippen LogP contribution in [0.25, 0.3) is 22.6 Å². The Morgan fingerprint density at radius 1 is 1.33 bits per heavy atom. The first-order valence-corrected chi connectivity index (χ1v) is 8.60. The number of carbonyl (C=O) groups excluding carboxylic acids is 2. The van der Waals surface area contributed by atoms with Gasteiger partial charge in [0.1, 0.15) is 11.7 Å². The molecular weight excluding hydrogens is 350 g/mol. The zero-order valence-corrected chi connectivity index (χ0v) is 15.6. The summed E-state index contributed by atoms with van der Waals surface area (Å²) in [6.45, 7) is 5.65. The predicted molar refractivity (Wildman–Crippen MR) is 97.0 cm³/mol. The molecule has 1 atom stereocenters. The summed E-state index contributed by atoms with van der Waals surface area (Å²) >= 11 is 0. The third kappa shape index (κ3) is 3.84. The topological polar surface area (TPSA) is 107 Å². The monoisotopic (exact) mass is 371 g/mol. The number of hydrogen-bond acceptors (Lipinski definition) is 7. The number of nitrogens with zero attached hydrogens (tertiary/aromatic N) is 2. The van der Waals surface area contributed by atoms with Crippen molar-refractivity contribution in [2.45, 2.75) is 33.2 Å². The van der Waals surface area contributed by atoms with Gasteiger partial charge in [-0.15, -0.1) is 0 Å². The van der Waals surface area contributed by atoms with E-state index in [0.29, 0.717) is 34.5 Å². The van der Waals surface area contributed by atoms with Crippen LogP contribution in [0.3, 0.4) is 0 Å². The zero-order chi connectivity index (χ0) is 19.6. The Morgan fingerprint density at radius 3 is 2.74 bits per heavy atom. The second kappa shape index (κ2) is 7.61. The molecule has 142 valence electrons. The summed E-state index contributed by atoms with van der Waals surface area (Å²) in [5, 5.41) is 7.15. The fourth-order valence-electron chi connectivity index (χ4n) is 2.89. The van der Waals surface area contributed by atoms with Crippen molar-refractivity contribution in [1.29, 1.82) is 0 Å². The summed E-state index contributed by atoms with van der Waals surface area (Å²) in [5.41, 5.74) is 1.51. The number of pyridine rings is 1. The van der Waals surface area contributed by atoms with Gasteiger partial charge >= 0.3 is 5.97 Å². The van der Waals surface area contributed by atoms with Crippen LogP contribution in [-0.4, -0.2) is 35.2 Å². The van der Waals surface area contributed by atoms with Crippen molar-refractivity contribution < 1.29 is 23.3 Å². The van der Waals surface area contributed by atoms with E-state index in [2.05, 4.69) is 15.5 Å². The molecular formula is C19H21N3O5. The highest BCUT2D eigenvalue weighted by Crippen LogP contribution is 2.27. The van der Waals surface area contributed by atoms with Crippen LogP contribution < -0.4 is 5.32 Å². The van der Waals surface area contributed by atoms with E-state index in [9.17, 15) is 9.59 Å². The highest BCUT2D eigenvalue weighted by molar-refractivity contribution is 6.07. The lowest BCUT2D eigenvalue weighted by Crippen LogP contribution is -2.42. The zero-order valence-electron chi connectivity index (χ0n) is 15.6. The minimum Gasteiger partial charge on any atom is -0.467 e. The molecule has 3 aromatic heterocycles. The van der Waals surface area contributed by atoms with Crippen LogP contribution in [0.2, 0.25) is 0 Å². The van der Waals surface area contributed by atoms with Gasteiger partial charge in [0.05, 0.1) is 30.0 Å². The fraction of sp³-hybridized carbons (Fsp3) is 0.368. The molecule has 0 aromatic carbocycles. The fourth-order valence-corrected chi connectivity index (χ4v) is 2.89. The van der Waals surface area contributed by atoms with Gasteiger partial charge in [0.25, 0.3) is 11.6 Å². The second-order valence-corrected chi connectivity index (χ2v) is 6.66. The summed E-state index contributed by atoms with van der Waals surface area (Å²) < 4.78 is 15.4. The van der Waals surface area contributed by atoms with Gasteiger partial charge in [0.15, 0.2) is 5.76 Å². The van der Waals surface area contributed by atoms with E-state index in [-0.39, 0.29) is 11.6 Å². The maximum atomic E-state index is 13.0. The normalized spacial score (nSPS) is 12.3. The summed E-state index contributed by atoms with van der Waals surface area (Å²) in [4.78, 5) is 29.4. The molecule has 1 unspecified atom stereocenters. The van der Waals surface area contributed by atoms with Gasteiger partial charge in [0, 0.05) is 0 Å². The third-order valence-electron chi connectivity index (χ3n) is 4.13. The highest BCUT2D eigenvalue weighted by atomic mass is 16.5. The van der Waals surface area contributed by atoms with Crippen LogP contribution in [-0.2, 0) is 9.53 Å². The smallest absolute Gasteiger partial charge is 0.328 e. The lowest BCUT2D eigenvalue weighted by atomic mass is 10.0. The number of aryl methyl sites for hydroxylation is 1. The lowest BCUT2D eigenvalue weighted by molar-refractivity contribution is -0.143. The van der Waals surface area contributed by atoms with E-state index < -0.39 is 17.9 Å². The molecule has 0 aliphatic rings. The molecule has 0 saturated heterocycles. The molecule has 8 nitrogen and oxygen atoms in total. The highest BCUT2D eigenvalue weighted by Gasteiger charge is 2.26. The van der Waals surface area contributed by atoms with E-state index in [1.807, 2.05) is 13.8 Å². The molecule has 0 aliphatic heterocycles. The summed E-state index contributed by atoms with van der Waals surface area (Å²) in [6, 6.07) is 4.31. The van der Waals surface area contributed by atoms with Crippen molar-refractivity contribution in [2.24, 2.45) is 5.92 Å². The average molecular weight is 371 g/mol. The summed E-state index contributed by atoms with van der Waals surface area (Å²) in [7, 11) is 1.30. The SMILES string of the molecule is COC(=O)C(CC(C)C)NC(=O)c1cc(-c2ccco2)nc2onc(C)c12. The first-order chi connectivity index (χ1) is 12.9. The maximum absolute atomic E-state index is 13.0. The van der Waals surface area contributed by atoms with Crippen molar-refractivity contribution in [3.63, 3.8) is 0 Å². The quantitative estimate of drug-likeness (QED) is 0.663.